The molecule has 0 heterocycles. The van der Waals surface area contributed by atoms with E-state index in [-0.39, 0.29) is 18.1 Å². The number of unbranched alkanes of at least 4 members (excludes halogenated alkanes) is 3. The summed E-state index contributed by atoms with van der Waals surface area (Å²) in [6.07, 6.45) is 4.86. The third-order valence-electron chi connectivity index (χ3n) is 4.78. The van der Waals surface area contributed by atoms with Gasteiger partial charge in [0, 0.05) is 6.61 Å². The average molecular weight is 521 g/mol. The highest BCUT2D eigenvalue weighted by Gasteiger charge is 2.14. The molecule has 35 heavy (non-hydrogen) atoms. The van der Waals surface area contributed by atoms with Gasteiger partial charge in [-0.1, -0.05) is 43.9 Å². The predicted molar refractivity (Wildman–Crippen MR) is 133 cm³/mol. The van der Waals surface area contributed by atoms with E-state index in [1.807, 2.05) is 6.92 Å². The second kappa shape index (κ2) is 22.1. The molecule has 0 aliphatic heterocycles. The van der Waals surface area contributed by atoms with Crippen molar-refractivity contribution in [2.75, 3.05) is 85.9 Å². The van der Waals surface area contributed by atoms with Gasteiger partial charge in [-0.3, -0.25) is 4.18 Å². The van der Waals surface area contributed by atoms with Crippen LogP contribution < -0.4 is 0 Å². The SMILES string of the molecule is CCCCCCOCCOCCOCCOCCOCCOCCOS(=O)(=O)c1ccc(C)cc1. The molecule has 9 nitrogen and oxygen atoms in total. The number of rotatable bonds is 25. The topological polar surface area (TPSA) is 98.8 Å². The van der Waals surface area contributed by atoms with E-state index >= 15 is 0 Å². The molecule has 204 valence electrons. The zero-order valence-electron chi connectivity index (χ0n) is 21.4. The maximum absolute atomic E-state index is 12.0. The number of hydrogen-bond donors (Lipinski definition) is 0. The van der Waals surface area contributed by atoms with Gasteiger partial charge in [0.2, 0.25) is 0 Å². The quantitative estimate of drug-likeness (QED) is 0.142. The van der Waals surface area contributed by atoms with Gasteiger partial charge < -0.3 is 28.4 Å². The molecular weight excluding hydrogens is 476 g/mol. The lowest BCUT2D eigenvalue weighted by Gasteiger charge is -2.09. The van der Waals surface area contributed by atoms with Crippen molar-refractivity contribution in [1.29, 1.82) is 0 Å². The van der Waals surface area contributed by atoms with Crippen LogP contribution in [0.4, 0.5) is 0 Å². The number of hydrogen-bond acceptors (Lipinski definition) is 9. The molecule has 0 aromatic heterocycles. The minimum Gasteiger partial charge on any atom is -0.379 e. The van der Waals surface area contributed by atoms with Crippen molar-refractivity contribution in [3.63, 3.8) is 0 Å². The third-order valence-corrected chi connectivity index (χ3v) is 6.10. The summed E-state index contributed by atoms with van der Waals surface area (Å²) in [5.41, 5.74) is 0.983. The van der Waals surface area contributed by atoms with Crippen molar-refractivity contribution in [1.82, 2.24) is 0 Å². The van der Waals surface area contributed by atoms with Crippen LogP contribution in [0.3, 0.4) is 0 Å². The lowest BCUT2D eigenvalue weighted by Crippen LogP contribution is -2.15. The van der Waals surface area contributed by atoms with Crippen LogP contribution in [0.15, 0.2) is 29.2 Å². The molecule has 0 aliphatic rings. The van der Waals surface area contributed by atoms with Gasteiger partial charge >= 0.3 is 0 Å². The first-order valence-electron chi connectivity index (χ1n) is 12.5. The van der Waals surface area contributed by atoms with Crippen LogP contribution in [0.2, 0.25) is 0 Å². The number of ether oxygens (including phenoxy) is 6. The largest absolute Gasteiger partial charge is 0.379 e. The molecule has 0 amide bonds. The highest BCUT2D eigenvalue weighted by atomic mass is 32.2. The Morgan fingerprint density at radius 1 is 0.543 bits per heavy atom. The normalized spacial score (nSPS) is 11.8. The first-order valence-corrected chi connectivity index (χ1v) is 13.9. The second-order valence-corrected chi connectivity index (χ2v) is 9.44. The van der Waals surface area contributed by atoms with Gasteiger partial charge in [-0.05, 0) is 25.5 Å². The number of benzene rings is 1. The summed E-state index contributed by atoms with van der Waals surface area (Å²) in [5.74, 6) is 0. The Labute approximate surface area is 211 Å². The summed E-state index contributed by atoms with van der Waals surface area (Å²) in [6, 6.07) is 6.50. The molecule has 0 bridgehead atoms. The van der Waals surface area contributed by atoms with Crippen molar-refractivity contribution in [2.45, 2.75) is 44.4 Å². The Morgan fingerprint density at radius 2 is 0.943 bits per heavy atom. The molecular formula is C25H44O9S. The summed E-state index contributed by atoms with van der Waals surface area (Å²) >= 11 is 0. The van der Waals surface area contributed by atoms with E-state index in [4.69, 9.17) is 32.6 Å². The van der Waals surface area contributed by atoms with E-state index in [9.17, 15) is 8.42 Å². The van der Waals surface area contributed by atoms with E-state index in [0.717, 1.165) is 18.6 Å². The fourth-order valence-electron chi connectivity index (χ4n) is 2.81. The minimum atomic E-state index is -3.75. The van der Waals surface area contributed by atoms with Crippen molar-refractivity contribution in [2.24, 2.45) is 0 Å². The third kappa shape index (κ3) is 18.8. The van der Waals surface area contributed by atoms with Gasteiger partial charge in [0.05, 0.1) is 84.2 Å². The molecule has 0 spiro atoms. The lowest BCUT2D eigenvalue weighted by atomic mass is 10.2. The Bertz CT molecular complexity index is 695. The average Bonchev–Trinajstić information content (AvgIpc) is 2.84. The second-order valence-electron chi connectivity index (χ2n) is 7.82. The summed E-state index contributed by atoms with van der Waals surface area (Å²) in [4.78, 5) is 0.138. The van der Waals surface area contributed by atoms with Crippen LogP contribution in [-0.4, -0.2) is 94.3 Å². The smallest absolute Gasteiger partial charge is 0.297 e. The van der Waals surface area contributed by atoms with Gasteiger partial charge in [-0.2, -0.15) is 8.42 Å². The molecule has 0 saturated carbocycles. The molecule has 0 saturated heterocycles. The van der Waals surface area contributed by atoms with Crippen molar-refractivity contribution in [3.05, 3.63) is 29.8 Å². The highest BCUT2D eigenvalue weighted by molar-refractivity contribution is 7.86. The Kier molecular flexibility index (Phi) is 20.2. The van der Waals surface area contributed by atoms with Gasteiger partial charge in [0.25, 0.3) is 10.1 Å². The van der Waals surface area contributed by atoms with Crippen molar-refractivity contribution in [3.8, 4) is 0 Å². The molecule has 1 aromatic rings. The first-order chi connectivity index (χ1) is 17.1. The molecule has 0 radical (unpaired) electrons. The van der Waals surface area contributed by atoms with Crippen LogP contribution in [0.25, 0.3) is 0 Å². The summed E-state index contributed by atoms with van der Waals surface area (Å²) in [7, 11) is -3.75. The molecule has 1 rings (SSSR count). The van der Waals surface area contributed by atoms with Crippen LogP contribution in [-0.2, 0) is 42.7 Å². The Hall–Kier alpha value is -1.11. The summed E-state index contributed by atoms with van der Waals surface area (Å²) in [6.45, 7) is 9.97. The molecule has 10 heteroatoms. The minimum absolute atomic E-state index is 0.0444. The predicted octanol–water partition coefficient (Wildman–Crippen LogP) is 3.38. The van der Waals surface area contributed by atoms with Crippen LogP contribution >= 0.6 is 0 Å². The Balaban J connectivity index is 1.76. The fourth-order valence-corrected chi connectivity index (χ4v) is 3.70. The summed E-state index contributed by atoms with van der Waals surface area (Å²) < 4.78 is 61.5. The van der Waals surface area contributed by atoms with Crippen LogP contribution in [0, 0.1) is 6.92 Å². The maximum Gasteiger partial charge on any atom is 0.297 e. The van der Waals surface area contributed by atoms with Gasteiger partial charge in [0.1, 0.15) is 0 Å². The van der Waals surface area contributed by atoms with Crippen molar-refractivity contribution < 1.29 is 41.0 Å². The molecule has 0 aliphatic carbocycles. The molecule has 1 aromatic carbocycles. The molecule has 0 atom stereocenters. The van der Waals surface area contributed by atoms with E-state index in [2.05, 4.69) is 6.92 Å². The monoisotopic (exact) mass is 520 g/mol. The van der Waals surface area contributed by atoms with E-state index < -0.39 is 10.1 Å². The van der Waals surface area contributed by atoms with Gasteiger partial charge in [-0.25, -0.2) is 0 Å². The Morgan fingerprint density at radius 3 is 1.37 bits per heavy atom. The lowest BCUT2D eigenvalue weighted by molar-refractivity contribution is -0.0178. The van der Waals surface area contributed by atoms with Gasteiger partial charge in [0.15, 0.2) is 0 Å². The van der Waals surface area contributed by atoms with Crippen molar-refractivity contribution >= 4 is 10.1 Å². The van der Waals surface area contributed by atoms with Gasteiger partial charge in [-0.15, -0.1) is 0 Å². The summed E-state index contributed by atoms with van der Waals surface area (Å²) in [5, 5.41) is 0. The van der Waals surface area contributed by atoms with E-state index in [1.54, 1.807) is 12.1 Å². The zero-order valence-corrected chi connectivity index (χ0v) is 22.2. The number of aryl methyl sites for hydroxylation is 1. The molecule has 0 N–H and O–H groups in total. The highest BCUT2D eigenvalue weighted by Crippen LogP contribution is 2.12. The van der Waals surface area contributed by atoms with Crippen LogP contribution in [0.1, 0.15) is 38.2 Å². The zero-order chi connectivity index (χ0) is 25.5. The molecule has 0 unspecified atom stereocenters. The maximum atomic E-state index is 12.0. The fraction of sp³-hybridized carbons (Fsp3) is 0.760. The van der Waals surface area contributed by atoms with E-state index in [0.29, 0.717) is 66.1 Å². The first kappa shape index (κ1) is 31.9. The van der Waals surface area contributed by atoms with Crippen LogP contribution in [0.5, 0.6) is 0 Å². The molecule has 0 fully saturated rings. The standard InChI is InChI=1S/C25H44O9S/c1-3-4-5-6-11-28-12-13-29-14-15-30-16-17-31-18-19-32-20-21-33-22-23-34-35(26,27)25-9-7-24(2)8-10-25/h7-10H,3-6,11-23H2,1-2H3. The van der Waals surface area contributed by atoms with E-state index in [1.165, 1.54) is 31.4 Å².